The largest absolute Gasteiger partial charge is 0.540 e. The number of hydrogen-bond donors (Lipinski definition) is 0. The summed E-state index contributed by atoms with van der Waals surface area (Å²) < 4.78 is 10.9. The smallest absolute Gasteiger partial charge is 0.113 e. The molecule has 0 amide bonds. The first-order valence-corrected chi connectivity index (χ1v) is 8.22. The van der Waals surface area contributed by atoms with E-state index in [-0.39, 0.29) is 20.1 Å². The molecule has 3 nitrogen and oxygen atoms in total. The molecule has 0 saturated carbocycles. The molecule has 0 spiro atoms. The van der Waals surface area contributed by atoms with Crippen molar-refractivity contribution in [1.82, 2.24) is 4.98 Å². The van der Waals surface area contributed by atoms with Gasteiger partial charge in [0.2, 0.25) is 0 Å². The number of aromatic nitrogens is 1. The maximum absolute atomic E-state index is 5.63. The molecule has 0 aliphatic rings. The normalized spacial score (nSPS) is 10.2. The van der Waals surface area contributed by atoms with Crippen molar-refractivity contribution in [3.63, 3.8) is 0 Å². The Morgan fingerprint density at radius 2 is 1.62 bits per heavy atom. The number of rotatable bonds is 4. The van der Waals surface area contributed by atoms with Crippen LogP contribution in [0.2, 0.25) is 0 Å². The summed E-state index contributed by atoms with van der Waals surface area (Å²) in [6, 6.07) is 15.5. The van der Waals surface area contributed by atoms with E-state index in [0.717, 1.165) is 28.3 Å². The van der Waals surface area contributed by atoms with Gasteiger partial charge in [0.15, 0.2) is 0 Å². The summed E-state index contributed by atoms with van der Waals surface area (Å²) in [7, 11) is 3.32. The fourth-order valence-corrected chi connectivity index (χ4v) is 3.29. The average molecular weight is 525 g/mol. The number of nitrogens with zero attached hydrogens (tertiary/aromatic N) is 1. The van der Waals surface area contributed by atoms with Gasteiger partial charge in [-0.25, -0.2) is 0 Å². The van der Waals surface area contributed by atoms with E-state index in [0.29, 0.717) is 0 Å². The molecule has 3 aromatic rings. The monoisotopic (exact) mass is 525 g/mol. The predicted octanol–water partition coefficient (Wildman–Crippen LogP) is 5.16. The molecule has 0 aliphatic heterocycles. The number of hydrogen-bond acceptors (Lipinski definition) is 3. The van der Waals surface area contributed by atoms with Crippen molar-refractivity contribution in [3.05, 3.63) is 65.4 Å². The van der Waals surface area contributed by atoms with Crippen LogP contribution in [-0.2, 0) is 20.1 Å². The van der Waals surface area contributed by atoms with E-state index in [4.69, 9.17) is 9.47 Å². The molecule has 1 aromatic heterocycles. The maximum atomic E-state index is 5.63. The average Bonchev–Trinajstić information content (AvgIpc) is 2.60. The van der Waals surface area contributed by atoms with Gasteiger partial charge in [0.1, 0.15) is 5.75 Å². The first-order valence-electron chi connectivity index (χ1n) is 8.22. The minimum atomic E-state index is 0. The van der Waals surface area contributed by atoms with Crippen LogP contribution >= 0.6 is 0 Å². The minimum absolute atomic E-state index is 0. The zero-order valence-corrected chi connectivity index (χ0v) is 18.0. The van der Waals surface area contributed by atoms with Gasteiger partial charge < -0.3 is 14.5 Å². The molecular formula is C22H22IrNO2-. The van der Waals surface area contributed by atoms with Crippen LogP contribution in [0.15, 0.2) is 42.6 Å². The first-order chi connectivity index (χ1) is 12.0. The summed E-state index contributed by atoms with van der Waals surface area (Å²) in [5, 5.41) is 0. The van der Waals surface area contributed by atoms with Gasteiger partial charge in [0.05, 0.1) is 14.2 Å². The van der Waals surface area contributed by atoms with Crippen LogP contribution in [0.25, 0.3) is 22.4 Å². The van der Waals surface area contributed by atoms with Crippen molar-refractivity contribution >= 4 is 0 Å². The number of benzene rings is 2. The second kappa shape index (κ2) is 8.48. The van der Waals surface area contributed by atoms with Gasteiger partial charge in [0.25, 0.3) is 0 Å². The molecule has 137 valence electrons. The fraction of sp³-hybridized carbons (Fsp3) is 0.227. The van der Waals surface area contributed by atoms with Crippen LogP contribution in [0.4, 0.5) is 0 Å². The summed E-state index contributed by atoms with van der Waals surface area (Å²) in [5.41, 5.74) is 7.70. The van der Waals surface area contributed by atoms with Gasteiger partial charge in [0, 0.05) is 32.1 Å². The Hall–Kier alpha value is -2.16. The number of aryl methyl sites for hydroxylation is 3. The molecule has 2 aromatic carbocycles. The maximum Gasteiger partial charge on any atom is 0.113 e. The molecule has 0 aliphatic carbocycles. The molecule has 1 heterocycles. The third-order valence-electron chi connectivity index (χ3n) is 4.31. The topological polar surface area (TPSA) is 31.4 Å². The first kappa shape index (κ1) is 20.2. The zero-order valence-electron chi connectivity index (χ0n) is 15.6. The fourth-order valence-electron chi connectivity index (χ4n) is 3.29. The van der Waals surface area contributed by atoms with Crippen LogP contribution in [-0.4, -0.2) is 19.2 Å². The summed E-state index contributed by atoms with van der Waals surface area (Å²) in [6.07, 6.45) is 1.73. The van der Waals surface area contributed by atoms with Crippen LogP contribution < -0.4 is 9.47 Å². The van der Waals surface area contributed by atoms with Crippen molar-refractivity contribution in [3.8, 4) is 33.9 Å². The van der Waals surface area contributed by atoms with E-state index in [1.54, 1.807) is 20.4 Å². The predicted molar refractivity (Wildman–Crippen MR) is 101 cm³/mol. The van der Waals surface area contributed by atoms with Crippen LogP contribution in [0.5, 0.6) is 11.5 Å². The molecular weight excluding hydrogens is 502 g/mol. The van der Waals surface area contributed by atoms with Crippen molar-refractivity contribution in [1.29, 1.82) is 0 Å². The minimum Gasteiger partial charge on any atom is -0.540 e. The van der Waals surface area contributed by atoms with Crippen LogP contribution in [0.1, 0.15) is 16.7 Å². The zero-order chi connectivity index (χ0) is 18.0. The van der Waals surface area contributed by atoms with Crippen LogP contribution in [0.3, 0.4) is 0 Å². The summed E-state index contributed by atoms with van der Waals surface area (Å²) >= 11 is 0. The van der Waals surface area contributed by atoms with E-state index in [1.165, 1.54) is 22.3 Å². The standard InChI is InChI=1S/C22H22NO2.Ir/c1-14-10-15(2)22(16(3)11-14)17-6-7-19(21(12-17)25-5)20-13-18(24-4)8-9-23-20;/h6,8-13H,1-5H3;/q-1;. The van der Waals surface area contributed by atoms with E-state index in [1.807, 2.05) is 18.2 Å². The molecule has 0 saturated heterocycles. The van der Waals surface area contributed by atoms with E-state index >= 15 is 0 Å². The molecule has 26 heavy (non-hydrogen) atoms. The van der Waals surface area contributed by atoms with Crippen molar-refractivity contribution in [2.75, 3.05) is 14.2 Å². The molecule has 4 heteroatoms. The van der Waals surface area contributed by atoms with Gasteiger partial charge in [-0.1, -0.05) is 51.6 Å². The second-order valence-electron chi connectivity index (χ2n) is 6.19. The van der Waals surface area contributed by atoms with Crippen molar-refractivity contribution in [2.45, 2.75) is 20.8 Å². The molecule has 0 unspecified atom stereocenters. The Morgan fingerprint density at radius 1 is 0.923 bits per heavy atom. The Kier molecular flexibility index (Phi) is 6.57. The molecule has 3 rings (SSSR count). The second-order valence-corrected chi connectivity index (χ2v) is 6.19. The Labute approximate surface area is 168 Å². The Balaban J connectivity index is 0.00000243. The van der Waals surface area contributed by atoms with E-state index < -0.39 is 0 Å². The SMILES string of the molecule is COc1ccnc(-c2[c-]cc(-c3c(C)cc(C)cc3C)cc2OC)c1.[Ir]. The van der Waals surface area contributed by atoms with E-state index in [2.05, 4.69) is 50.0 Å². The quantitative estimate of drug-likeness (QED) is 0.442. The molecule has 0 bridgehead atoms. The Bertz CT molecular complexity index is 899. The molecule has 0 fully saturated rings. The molecule has 0 N–H and O–H groups in total. The number of methoxy groups -OCH3 is 2. The number of ether oxygens (including phenoxy) is 2. The third kappa shape index (κ3) is 3.98. The van der Waals surface area contributed by atoms with Crippen LogP contribution in [0, 0.1) is 26.8 Å². The van der Waals surface area contributed by atoms with Gasteiger partial charge in [-0.3, -0.25) is 0 Å². The van der Waals surface area contributed by atoms with Gasteiger partial charge in [-0.15, -0.1) is 12.1 Å². The van der Waals surface area contributed by atoms with Crippen molar-refractivity contribution in [2.24, 2.45) is 0 Å². The van der Waals surface area contributed by atoms with Gasteiger partial charge in [-0.05, 0) is 38.6 Å². The number of pyridine rings is 1. The van der Waals surface area contributed by atoms with E-state index in [9.17, 15) is 0 Å². The molecule has 1 radical (unpaired) electrons. The third-order valence-corrected chi connectivity index (χ3v) is 4.31. The van der Waals surface area contributed by atoms with Gasteiger partial charge >= 0.3 is 0 Å². The van der Waals surface area contributed by atoms with Gasteiger partial charge in [-0.2, -0.15) is 0 Å². The Morgan fingerprint density at radius 3 is 2.23 bits per heavy atom. The molecule has 0 atom stereocenters. The summed E-state index contributed by atoms with van der Waals surface area (Å²) in [5.74, 6) is 1.51. The summed E-state index contributed by atoms with van der Waals surface area (Å²) in [4.78, 5) is 4.42. The van der Waals surface area contributed by atoms with Crippen molar-refractivity contribution < 1.29 is 29.6 Å². The summed E-state index contributed by atoms with van der Waals surface area (Å²) in [6.45, 7) is 6.40.